The van der Waals surface area contributed by atoms with Crippen LogP contribution in [0.5, 0.6) is 0 Å². The molecule has 5 aromatic rings. The number of nitrogens with one attached hydrogen (secondary N) is 1. The molecule has 7 heteroatoms. The van der Waals surface area contributed by atoms with Crippen LogP contribution in [0.4, 0.5) is 0 Å². The molecule has 4 heterocycles. The van der Waals surface area contributed by atoms with Gasteiger partial charge < -0.3 is 4.98 Å². The normalized spacial score (nSPS) is 16.5. The molecule has 0 unspecified atom stereocenters. The van der Waals surface area contributed by atoms with Gasteiger partial charge in [0.15, 0.2) is 5.65 Å². The molecule has 0 saturated carbocycles. The van der Waals surface area contributed by atoms with Gasteiger partial charge >= 0.3 is 5.69 Å². The molecule has 164 valence electrons. The largest absolute Gasteiger partial charge is 0.347 e. The number of hydrogen-bond acceptors (Lipinski definition) is 4. The van der Waals surface area contributed by atoms with Crippen molar-refractivity contribution >= 4 is 11.2 Å². The number of nitrogens with zero attached hydrogens (tertiary/aromatic N) is 5. The highest BCUT2D eigenvalue weighted by atomic mass is 16.2. The monoisotopic (exact) mass is 436 g/mol. The number of aromatic amines is 1. The van der Waals surface area contributed by atoms with Crippen LogP contribution in [-0.4, -0.2) is 42.1 Å². The predicted octanol–water partition coefficient (Wildman–Crippen LogP) is 4.02. The van der Waals surface area contributed by atoms with Crippen molar-refractivity contribution < 1.29 is 0 Å². The zero-order valence-corrected chi connectivity index (χ0v) is 18.1. The number of benzene rings is 2. The lowest BCUT2D eigenvalue weighted by Gasteiger charge is -2.15. The first-order chi connectivity index (χ1) is 16.3. The maximum absolute atomic E-state index is 13.7. The van der Waals surface area contributed by atoms with Crippen LogP contribution < -0.4 is 5.69 Å². The Balaban J connectivity index is 1.36. The average molecular weight is 437 g/mol. The number of hydrogen-bond donors (Lipinski definition) is 1. The van der Waals surface area contributed by atoms with Gasteiger partial charge in [0.1, 0.15) is 0 Å². The fraction of sp³-hybridized carbons (Fsp3) is 0.192. The molecule has 0 amide bonds. The van der Waals surface area contributed by atoms with Crippen LogP contribution in [0.25, 0.3) is 28.0 Å². The molecule has 2 aromatic carbocycles. The fourth-order valence-corrected chi connectivity index (χ4v) is 4.84. The van der Waals surface area contributed by atoms with Gasteiger partial charge in [-0.15, -0.1) is 0 Å². The second kappa shape index (κ2) is 8.18. The average Bonchev–Trinajstić information content (AvgIpc) is 3.59. The number of imidazole rings is 2. The minimum atomic E-state index is -0.0375. The first-order valence-electron chi connectivity index (χ1n) is 11.2. The van der Waals surface area contributed by atoms with E-state index < -0.39 is 0 Å². The highest BCUT2D eigenvalue weighted by molar-refractivity contribution is 5.75. The van der Waals surface area contributed by atoms with Crippen LogP contribution in [0, 0.1) is 0 Å². The van der Waals surface area contributed by atoms with Gasteiger partial charge in [-0.2, -0.15) is 0 Å². The van der Waals surface area contributed by atoms with Gasteiger partial charge in [-0.05, 0) is 41.8 Å². The van der Waals surface area contributed by atoms with Crippen molar-refractivity contribution in [3.05, 3.63) is 102 Å². The Labute approximate surface area is 191 Å². The summed E-state index contributed by atoms with van der Waals surface area (Å²) in [6, 6.07) is 22.4. The zero-order valence-electron chi connectivity index (χ0n) is 18.1. The van der Waals surface area contributed by atoms with Crippen LogP contribution in [-0.2, 0) is 6.54 Å². The summed E-state index contributed by atoms with van der Waals surface area (Å²) in [5.41, 5.74) is 5.75. The molecule has 1 saturated heterocycles. The molecule has 0 spiro atoms. The quantitative estimate of drug-likeness (QED) is 0.452. The third kappa shape index (κ3) is 3.56. The molecule has 1 aliphatic heterocycles. The van der Waals surface area contributed by atoms with E-state index in [1.54, 1.807) is 17.1 Å². The van der Waals surface area contributed by atoms with Gasteiger partial charge in [-0.1, -0.05) is 42.5 Å². The number of pyridine rings is 1. The molecule has 1 fully saturated rings. The Morgan fingerprint density at radius 1 is 0.970 bits per heavy atom. The lowest BCUT2D eigenvalue weighted by molar-refractivity contribution is 0.312. The minimum absolute atomic E-state index is 0.0375. The summed E-state index contributed by atoms with van der Waals surface area (Å²) in [6.45, 7) is 2.54. The summed E-state index contributed by atoms with van der Waals surface area (Å²) < 4.78 is 3.67. The first kappa shape index (κ1) is 19.7. The molecule has 1 aliphatic rings. The highest BCUT2D eigenvalue weighted by Gasteiger charge is 2.29. The summed E-state index contributed by atoms with van der Waals surface area (Å²) >= 11 is 0. The second-order valence-corrected chi connectivity index (χ2v) is 8.50. The van der Waals surface area contributed by atoms with E-state index in [1.165, 1.54) is 0 Å². The van der Waals surface area contributed by atoms with Crippen molar-refractivity contribution in [3.8, 4) is 16.8 Å². The van der Waals surface area contributed by atoms with Crippen molar-refractivity contribution in [2.75, 3.05) is 13.1 Å². The zero-order chi connectivity index (χ0) is 22.2. The second-order valence-electron chi connectivity index (χ2n) is 8.50. The Hall–Kier alpha value is -3.97. The van der Waals surface area contributed by atoms with Gasteiger partial charge in [0, 0.05) is 37.7 Å². The van der Waals surface area contributed by atoms with Crippen molar-refractivity contribution in [2.24, 2.45) is 0 Å². The summed E-state index contributed by atoms with van der Waals surface area (Å²) in [5.74, 6) is 0. The summed E-state index contributed by atoms with van der Waals surface area (Å²) in [7, 11) is 0. The van der Waals surface area contributed by atoms with Gasteiger partial charge in [0.05, 0.1) is 23.6 Å². The lowest BCUT2D eigenvalue weighted by atomic mass is 10.1. The highest BCUT2D eigenvalue weighted by Crippen LogP contribution is 2.27. The molecule has 1 atom stereocenters. The number of fused-ring (bicyclic) bond motifs is 1. The van der Waals surface area contributed by atoms with Crippen LogP contribution in [0.1, 0.15) is 18.2 Å². The maximum Gasteiger partial charge on any atom is 0.335 e. The molecule has 0 aliphatic carbocycles. The fourth-order valence-electron chi connectivity index (χ4n) is 4.84. The molecule has 3 aromatic heterocycles. The predicted molar refractivity (Wildman–Crippen MR) is 128 cm³/mol. The smallest absolute Gasteiger partial charge is 0.335 e. The number of H-pyrrole nitrogens is 1. The van der Waals surface area contributed by atoms with E-state index in [0.29, 0.717) is 0 Å². The SMILES string of the molecule is O=c1n(-c2ccc(-c3ccccc3)cc2)c2cccnc2n1[C@H]1CCN(Cc2cnc[nH]2)C1. The topological polar surface area (TPSA) is 71.7 Å². The van der Waals surface area contributed by atoms with Crippen molar-refractivity contribution in [2.45, 2.75) is 19.0 Å². The third-order valence-electron chi connectivity index (χ3n) is 6.43. The number of rotatable bonds is 5. The lowest BCUT2D eigenvalue weighted by Crippen LogP contribution is -2.29. The molecular formula is C26H24N6O. The molecule has 6 rings (SSSR count). The van der Waals surface area contributed by atoms with Gasteiger partial charge in [-0.3, -0.25) is 14.0 Å². The van der Waals surface area contributed by atoms with E-state index >= 15 is 0 Å². The summed E-state index contributed by atoms with van der Waals surface area (Å²) in [4.78, 5) is 27.9. The van der Waals surface area contributed by atoms with E-state index in [9.17, 15) is 4.79 Å². The molecule has 33 heavy (non-hydrogen) atoms. The standard InChI is InChI=1S/C26H24N6O/c33-26-31(22-10-8-20(9-11-22)19-5-2-1-3-6-19)24-7-4-13-28-25(24)32(26)23-12-14-30(17-23)16-21-15-27-18-29-21/h1-11,13,15,18,23H,12,14,16-17H2,(H,27,29)/t23-/m0/s1. The molecule has 1 N–H and O–H groups in total. The van der Waals surface area contributed by atoms with Crippen molar-refractivity contribution in [1.29, 1.82) is 0 Å². The molecule has 0 bridgehead atoms. The summed E-state index contributed by atoms with van der Waals surface area (Å²) in [6.07, 6.45) is 6.23. The van der Waals surface area contributed by atoms with Crippen molar-refractivity contribution in [1.82, 2.24) is 29.0 Å². The van der Waals surface area contributed by atoms with Gasteiger partial charge in [0.2, 0.25) is 0 Å². The minimum Gasteiger partial charge on any atom is -0.347 e. The van der Waals surface area contributed by atoms with E-state index in [0.717, 1.165) is 59.7 Å². The van der Waals surface area contributed by atoms with E-state index in [2.05, 4.69) is 44.1 Å². The number of aromatic nitrogens is 5. The van der Waals surface area contributed by atoms with E-state index in [4.69, 9.17) is 0 Å². The van der Waals surface area contributed by atoms with Crippen LogP contribution in [0.2, 0.25) is 0 Å². The Bertz CT molecular complexity index is 1430. The van der Waals surface area contributed by atoms with Crippen molar-refractivity contribution in [3.63, 3.8) is 0 Å². The first-order valence-corrected chi connectivity index (χ1v) is 11.2. The van der Waals surface area contributed by atoms with Crippen LogP contribution >= 0.6 is 0 Å². The number of likely N-dealkylation sites (tertiary alicyclic amines) is 1. The Kier molecular flexibility index (Phi) is 4.88. The van der Waals surface area contributed by atoms with E-state index in [1.807, 2.05) is 53.2 Å². The summed E-state index contributed by atoms with van der Waals surface area (Å²) in [5, 5.41) is 0. The third-order valence-corrected chi connectivity index (χ3v) is 6.43. The Morgan fingerprint density at radius 2 is 1.79 bits per heavy atom. The van der Waals surface area contributed by atoms with E-state index in [-0.39, 0.29) is 11.7 Å². The van der Waals surface area contributed by atoms with Crippen LogP contribution in [0.15, 0.2) is 90.2 Å². The molecule has 0 radical (unpaired) electrons. The molecule has 7 nitrogen and oxygen atoms in total. The van der Waals surface area contributed by atoms with Gasteiger partial charge in [0.25, 0.3) is 0 Å². The maximum atomic E-state index is 13.7. The molecular weight excluding hydrogens is 412 g/mol. The Morgan fingerprint density at radius 3 is 2.58 bits per heavy atom. The van der Waals surface area contributed by atoms with Gasteiger partial charge in [-0.25, -0.2) is 14.8 Å². The van der Waals surface area contributed by atoms with Crippen LogP contribution in [0.3, 0.4) is 0 Å².